The Morgan fingerprint density at radius 2 is 2.00 bits per heavy atom. The van der Waals surface area contributed by atoms with Gasteiger partial charge in [0.1, 0.15) is 6.07 Å². The Bertz CT molecular complexity index is 535. The highest BCUT2D eigenvalue weighted by molar-refractivity contribution is 6.17. The van der Waals surface area contributed by atoms with Gasteiger partial charge in [0.05, 0.1) is 24.7 Å². The molecule has 0 unspecified atom stereocenters. The lowest BCUT2D eigenvalue weighted by atomic mass is 9.95. The molecular formula is C12H9ClF3NO2. The van der Waals surface area contributed by atoms with Gasteiger partial charge in [-0.2, -0.15) is 18.4 Å². The lowest BCUT2D eigenvalue weighted by Crippen LogP contribution is -2.16. The Hall–Kier alpha value is -1.74. The fourth-order valence-electron chi connectivity index (χ4n) is 1.63. The summed E-state index contributed by atoms with van der Waals surface area (Å²) in [5, 5.41) is 8.88. The maximum Gasteiger partial charge on any atom is 0.417 e. The van der Waals surface area contributed by atoms with Crippen molar-refractivity contribution >= 4 is 17.6 Å². The van der Waals surface area contributed by atoms with E-state index in [-0.39, 0.29) is 17.0 Å². The summed E-state index contributed by atoms with van der Waals surface area (Å²) in [4.78, 5) is 11.1. The molecule has 1 aromatic carbocycles. The molecule has 0 saturated heterocycles. The number of hydrogen-bond donors (Lipinski definition) is 0. The number of halogens is 4. The van der Waals surface area contributed by atoms with E-state index in [2.05, 4.69) is 4.74 Å². The monoisotopic (exact) mass is 291 g/mol. The van der Waals surface area contributed by atoms with Gasteiger partial charge in [-0.25, -0.2) is 0 Å². The van der Waals surface area contributed by atoms with Gasteiger partial charge in [-0.1, -0.05) is 12.1 Å². The van der Waals surface area contributed by atoms with Gasteiger partial charge in [0.15, 0.2) is 0 Å². The summed E-state index contributed by atoms with van der Waals surface area (Å²) in [5.74, 6) is -1.03. The second-order valence-electron chi connectivity index (χ2n) is 3.63. The van der Waals surface area contributed by atoms with Crippen LogP contribution in [0.25, 0.3) is 0 Å². The summed E-state index contributed by atoms with van der Waals surface area (Å²) in [7, 11) is 1.08. The maximum absolute atomic E-state index is 13.0. The van der Waals surface area contributed by atoms with Crippen molar-refractivity contribution in [3.8, 4) is 6.07 Å². The molecule has 0 aliphatic carbocycles. The van der Waals surface area contributed by atoms with Gasteiger partial charge >= 0.3 is 12.1 Å². The van der Waals surface area contributed by atoms with Gasteiger partial charge in [-0.15, -0.1) is 11.6 Å². The second kappa shape index (κ2) is 5.93. The number of carbonyl (C=O) groups excluding carboxylic acids is 1. The van der Waals surface area contributed by atoms with Crippen molar-refractivity contribution < 1.29 is 22.7 Å². The summed E-state index contributed by atoms with van der Waals surface area (Å²) >= 11 is 5.51. The van der Waals surface area contributed by atoms with E-state index in [1.54, 1.807) is 0 Å². The molecule has 0 aromatic heterocycles. The van der Waals surface area contributed by atoms with E-state index in [0.29, 0.717) is 0 Å². The van der Waals surface area contributed by atoms with E-state index in [9.17, 15) is 18.0 Å². The van der Waals surface area contributed by atoms with Gasteiger partial charge in [-0.05, 0) is 11.1 Å². The molecule has 0 heterocycles. The number of carbonyl (C=O) groups is 1. The third kappa shape index (κ3) is 3.38. The highest BCUT2D eigenvalue weighted by Crippen LogP contribution is 2.36. The quantitative estimate of drug-likeness (QED) is 0.635. The van der Waals surface area contributed by atoms with Crippen LogP contribution < -0.4 is 0 Å². The van der Waals surface area contributed by atoms with E-state index < -0.39 is 29.7 Å². The number of methoxy groups -OCH3 is 1. The van der Waals surface area contributed by atoms with Crippen molar-refractivity contribution in [1.82, 2.24) is 0 Å². The van der Waals surface area contributed by atoms with Crippen molar-refractivity contribution in [2.75, 3.05) is 7.11 Å². The number of alkyl halides is 4. The number of esters is 1. The van der Waals surface area contributed by atoms with Gasteiger partial charge in [0.2, 0.25) is 0 Å². The Balaban J connectivity index is 3.49. The molecule has 0 atom stereocenters. The summed E-state index contributed by atoms with van der Waals surface area (Å²) in [6.07, 6.45) is -5.29. The van der Waals surface area contributed by atoms with Crippen LogP contribution in [0, 0.1) is 11.3 Å². The van der Waals surface area contributed by atoms with Crippen molar-refractivity contribution in [2.45, 2.75) is 18.5 Å². The van der Waals surface area contributed by atoms with Gasteiger partial charge in [0, 0.05) is 5.88 Å². The van der Waals surface area contributed by atoms with Gasteiger partial charge in [0.25, 0.3) is 0 Å². The zero-order chi connectivity index (χ0) is 14.6. The number of ether oxygens (including phenoxy) is 1. The largest absolute Gasteiger partial charge is 0.469 e. The minimum atomic E-state index is -4.74. The summed E-state index contributed by atoms with van der Waals surface area (Å²) in [5.41, 5.74) is -1.91. The summed E-state index contributed by atoms with van der Waals surface area (Å²) in [6.45, 7) is 0. The predicted octanol–water partition coefficient (Wildman–Crippen LogP) is 3.03. The van der Waals surface area contributed by atoms with Crippen LogP contribution in [0.5, 0.6) is 0 Å². The first kappa shape index (κ1) is 15.3. The van der Waals surface area contributed by atoms with Crippen LogP contribution in [-0.2, 0) is 28.0 Å². The Labute approximate surface area is 112 Å². The topological polar surface area (TPSA) is 50.1 Å². The van der Waals surface area contributed by atoms with E-state index in [4.69, 9.17) is 16.9 Å². The minimum absolute atomic E-state index is 0.0742. The fourth-order valence-corrected chi connectivity index (χ4v) is 1.85. The number of nitriles is 1. The standard InChI is InChI=1S/C12H9ClF3NO2/c1-19-10(18)4-7-2-3-8(5-13)9(6-17)11(7)12(14,15)16/h2-3H,4-5H2,1H3. The highest BCUT2D eigenvalue weighted by atomic mass is 35.5. The molecule has 0 N–H and O–H groups in total. The molecule has 0 amide bonds. The lowest BCUT2D eigenvalue weighted by Gasteiger charge is -2.15. The minimum Gasteiger partial charge on any atom is -0.469 e. The molecule has 0 aliphatic heterocycles. The van der Waals surface area contributed by atoms with Crippen LogP contribution in [0.4, 0.5) is 13.2 Å². The van der Waals surface area contributed by atoms with E-state index in [0.717, 1.165) is 13.2 Å². The zero-order valence-electron chi connectivity index (χ0n) is 9.84. The highest BCUT2D eigenvalue weighted by Gasteiger charge is 2.37. The average molecular weight is 292 g/mol. The first-order chi connectivity index (χ1) is 8.85. The Morgan fingerprint density at radius 3 is 2.42 bits per heavy atom. The number of benzene rings is 1. The molecular weight excluding hydrogens is 283 g/mol. The molecule has 0 spiro atoms. The zero-order valence-corrected chi connectivity index (χ0v) is 10.6. The molecule has 0 saturated carbocycles. The van der Waals surface area contributed by atoms with Crippen molar-refractivity contribution in [1.29, 1.82) is 5.26 Å². The molecule has 102 valence electrons. The van der Waals surface area contributed by atoms with Crippen LogP contribution >= 0.6 is 11.6 Å². The van der Waals surface area contributed by atoms with Crippen LogP contribution in [0.2, 0.25) is 0 Å². The molecule has 0 radical (unpaired) electrons. The van der Waals surface area contributed by atoms with E-state index >= 15 is 0 Å². The fraction of sp³-hybridized carbons (Fsp3) is 0.333. The molecule has 0 bridgehead atoms. The first-order valence-electron chi connectivity index (χ1n) is 5.10. The predicted molar refractivity (Wildman–Crippen MR) is 61.4 cm³/mol. The molecule has 19 heavy (non-hydrogen) atoms. The molecule has 1 rings (SSSR count). The number of rotatable bonds is 3. The third-order valence-electron chi connectivity index (χ3n) is 2.48. The normalized spacial score (nSPS) is 10.9. The van der Waals surface area contributed by atoms with Gasteiger partial charge in [-0.3, -0.25) is 4.79 Å². The van der Waals surface area contributed by atoms with Crippen LogP contribution in [-0.4, -0.2) is 13.1 Å². The second-order valence-corrected chi connectivity index (χ2v) is 3.90. The first-order valence-corrected chi connectivity index (χ1v) is 5.63. The van der Waals surface area contributed by atoms with Crippen LogP contribution in [0.15, 0.2) is 12.1 Å². The van der Waals surface area contributed by atoms with Crippen molar-refractivity contribution in [2.24, 2.45) is 0 Å². The van der Waals surface area contributed by atoms with E-state index in [1.165, 1.54) is 12.1 Å². The summed E-state index contributed by atoms with van der Waals surface area (Å²) in [6, 6.07) is 3.94. The Kier molecular flexibility index (Phi) is 4.78. The van der Waals surface area contributed by atoms with E-state index in [1.807, 2.05) is 0 Å². The van der Waals surface area contributed by atoms with Gasteiger partial charge < -0.3 is 4.74 Å². The molecule has 0 aliphatic rings. The number of nitrogens with zero attached hydrogens (tertiary/aromatic N) is 1. The smallest absolute Gasteiger partial charge is 0.417 e. The molecule has 0 fully saturated rings. The van der Waals surface area contributed by atoms with Crippen LogP contribution in [0.3, 0.4) is 0 Å². The lowest BCUT2D eigenvalue weighted by molar-refractivity contribution is -0.141. The van der Waals surface area contributed by atoms with Crippen LogP contribution in [0.1, 0.15) is 22.3 Å². The molecule has 7 heteroatoms. The maximum atomic E-state index is 13.0. The summed E-state index contributed by atoms with van der Waals surface area (Å²) < 4.78 is 43.4. The Morgan fingerprint density at radius 1 is 1.42 bits per heavy atom. The SMILES string of the molecule is COC(=O)Cc1ccc(CCl)c(C#N)c1C(F)(F)F. The third-order valence-corrected chi connectivity index (χ3v) is 2.77. The number of hydrogen-bond acceptors (Lipinski definition) is 3. The molecule has 3 nitrogen and oxygen atoms in total. The van der Waals surface area contributed by atoms with Crippen molar-refractivity contribution in [3.63, 3.8) is 0 Å². The van der Waals surface area contributed by atoms with Crippen molar-refractivity contribution in [3.05, 3.63) is 34.4 Å². The average Bonchev–Trinajstić information content (AvgIpc) is 2.36. The molecule has 1 aromatic rings.